The van der Waals surface area contributed by atoms with E-state index >= 15 is 0 Å². The third-order valence-electron chi connectivity index (χ3n) is 5.03. The zero-order valence-electron chi connectivity index (χ0n) is 13.8. The van der Waals surface area contributed by atoms with Crippen LogP contribution in [0, 0.1) is 17.2 Å². The highest BCUT2D eigenvalue weighted by molar-refractivity contribution is 6.31. The van der Waals surface area contributed by atoms with Gasteiger partial charge in [-0.2, -0.15) is 5.26 Å². The maximum atomic E-state index is 11.9. The van der Waals surface area contributed by atoms with E-state index in [4.69, 9.17) is 11.6 Å². The zero-order valence-corrected chi connectivity index (χ0v) is 14.6. The van der Waals surface area contributed by atoms with Crippen LogP contribution in [-0.2, 0) is 4.79 Å². The third-order valence-corrected chi connectivity index (χ3v) is 5.26. The van der Waals surface area contributed by atoms with E-state index in [2.05, 4.69) is 21.3 Å². The number of carbonyl (C=O) groups excluding carboxylic acids is 1. The number of nitrogens with one attached hydrogen (secondary N) is 1. The van der Waals surface area contributed by atoms with Crippen molar-refractivity contribution >= 4 is 34.1 Å². The van der Waals surface area contributed by atoms with Crippen LogP contribution in [0.3, 0.4) is 0 Å². The summed E-state index contributed by atoms with van der Waals surface area (Å²) in [6.07, 6.45) is 5.45. The number of nitrogens with zero attached hydrogens (tertiary/aromatic N) is 3. The van der Waals surface area contributed by atoms with Crippen molar-refractivity contribution in [2.24, 2.45) is 5.92 Å². The van der Waals surface area contributed by atoms with E-state index in [1.807, 2.05) is 18.2 Å². The summed E-state index contributed by atoms with van der Waals surface area (Å²) in [5.74, 6) is 0.451. The number of nitriles is 1. The van der Waals surface area contributed by atoms with E-state index in [-0.39, 0.29) is 17.9 Å². The number of fused-ring (bicyclic) bond motifs is 1. The molecule has 0 spiro atoms. The molecular formula is C19H19ClN4O. The Labute approximate surface area is 151 Å². The fourth-order valence-corrected chi connectivity index (χ4v) is 3.66. The number of benzene rings is 1. The molecule has 6 heteroatoms. The predicted octanol–water partition coefficient (Wildman–Crippen LogP) is 3.25. The minimum absolute atomic E-state index is 0.206. The first-order valence-corrected chi connectivity index (χ1v) is 9.07. The van der Waals surface area contributed by atoms with Crippen LogP contribution in [0.5, 0.6) is 0 Å². The number of halogens is 1. The Morgan fingerprint density at radius 2 is 2.04 bits per heavy atom. The van der Waals surface area contributed by atoms with Crippen LogP contribution < -0.4 is 10.2 Å². The number of piperidine rings is 1. The van der Waals surface area contributed by atoms with Gasteiger partial charge in [0.1, 0.15) is 6.07 Å². The van der Waals surface area contributed by atoms with Crippen LogP contribution in [0.4, 0.5) is 5.69 Å². The summed E-state index contributed by atoms with van der Waals surface area (Å²) in [4.78, 5) is 18.5. The molecule has 1 amide bonds. The number of rotatable bonds is 3. The largest absolute Gasteiger partial charge is 0.370 e. The molecule has 1 aliphatic heterocycles. The van der Waals surface area contributed by atoms with Crippen molar-refractivity contribution in [2.45, 2.75) is 31.7 Å². The van der Waals surface area contributed by atoms with Gasteiger partial charge >= 0.3 is 0 Å². The number of anilines is 1. The fraction of sp³-hybridized carbons (Fsp3) is 0.421. The quantitative estimate of drug-likeness (QED) is 0.918. The number of carbonyl (C=O) groups is 1. The van der Waals surface area contributed by atoms with Crippen molar-refractivity contribution in [2.75, 3.05) is 18.0 Å². The number of pyridine rings is 1. The summed E-state index contributed by atoms with van der Waals surface area (Å²) in [6, 6.07) is 8.05. The Morgan fingerprint density at radius 3 is 2.72 bits per heavy atom. The lowest BCUT2D eigenvalue weighted by Gasteiger charge is -2.35. The highest BCUT2D eigenvalue weighted by atomic mass is 35.5. The van der Waals surface area contributed by atoms with Crippen molar-refractivity contribution in [1.29, 1.82) is 5.26 Å². The third kappa shape index (κ3) is 3.27. The van der Waals surface area contributed by atoms with Crippen LogP contribution in [0.1, 0.15) is 31.2 Å². The van der Waals surface area contributed by atoms with Gasteiger partial charge in [0.15, 0.2) is 0 Å². The number of hydrogen-bond acceptors (Lipinski definition) is 4. The molecule has 128 valence electrons. The van der Waals surface area contributed by atoms with Crippen molar-refractivity contribution in [3.8, 4) is 6.07 Å². The van der Waals surface area contributed by atoms with Crippen LogP contribution in [0.25, 0.3) is 10.9 Å². The van der Waals surface area contributed by atoms with Gasteiger partial charge in [-0.1, -0.05) is 11.6 Å². The van der Waals surface area contributed by atoms with Crippen LogP contribution in [0.2, 0.25) is 5.02 Å². The average molecular weight is 355 g/mol. The molecule has 4 rings (SSSR count). The molecule has 1 aromatic carbocycles. The van der Waals surface area contributed by atoms with E-state index in [1.165, 1.54) is 0 Å². The molecule has 2 aliphatic rings. The van der Waals surface area contributed by atoms with Gasteiger partial charge in [0.05, 0.1) is 16.8 Å². The summed E-state index contributed by atoms with van der Waals surface area (Å²) in [5, 5.41) is 14.2. The predicted molar refractivity (Wildman–Crippen MR) is 97.6 cm³/mol. The first kappa shape index (κ1) is 16.2. The van der Waals surface area contributed by atoms with E-state index in [1.54, 1.807) is 6.20 Å². The Kier molecular flexibility index (Phi) is 4.22. The molecular weight excluding hydrogens is 336 g/mol. The Morgan fingerprint density at radius 1 is 1.28 bits per heavy atom. The summed E-state index contributed by atoms with van der Waals surface area (Å²) >= 11 is 6.16. The monoisotopic (exact) mass is 354 g/mol. The topological polar surface area (TPSA) is 69.0 Å². The molecule has 1 N–H and O–H groups in total. The maximum Gasteiger partial charge on any atom is 0.223 e. The van der Waals surface area contributed by atoms with Gasteiger partial charge in [-0.05, 0) is 43.9 Å². The Bertz CT molecular complexity index is 864. The number of hydrogen-bond donors (Lipinski definition) is 1. The normalized spacial score (nSPS) is 18.2. The molecule has 0 radical (unpaired) electrons. The zero-order chi connectivity index (χ0) is 17.4. The molecule has 1 saturated heterocycles. The standard InChI is InChI=1S/C19H19ClN4O/c20-14-3-4-17-16(9-14)18(13(10-21)11-22-17)24-7-5-15(6-8-24)23-19(25)12-1-2-12/h3-4,9,11-12,15H,1-2,5-8H2,(H,23,25). The number of aromatic nitrogens is 1. The van der Waals surface area contributed by atoms with Gasteiger partial charge < -0.3 is 10.2 Å². The molecule has 0 bridgehead atoms. The van der Waals surface area contributed by atoms with Crippen LogP contribution in [-0.4, -0.2) is 30.0 Å². The average Bonchev–Trinajstić information content (AvgIpc) is 3.46. The minimum Gasteiger partial charge on any atom is -0.370 e. The first-order valence-electron chi connectivity index (χ1n) is 8.69. The van der Waals surface area contributed by atoms with Crippen LogP contribution >= 0.6 is 11.6 Å². The maximum absolute atomic E-state index is 11.9. The lowest BCUT2D eigenvalue weighted by atomic mass is 10.0. The lowest BCUT2D eigenvalue weighted by Crippen LogP contribution is -2.45. The summed E-state index contributed by atoms with van der Waals surface area (Å²) in [6.45, 7) is 1.60. The van der Waals surface area contributed by atoms with Crippen molar-refractivity contribution in [1.82, 2.24) is 10.3 Å². The second kappa shape index (κ2) is 6.53. The van der Waals surface area contributed by atoms with E-state index in [9.17, 15) is 10.1 Å². The van der Waals surface area contributed by atoms with Gasteiger partial charge in [0.2, 0.25) is 5.91 Å². The molecule has 2 fully saturated rings. The first-order chi connectivity index (χ1) is 12.2. The fourth-order valence-electron chi connectivity index (χ4n) is 3.49. The second-order valence-corrected chi connectivity index (χ2v) is 7.27. The molecule has 1 aromatic heterocycles. The molecule has 2 aromatic rings. The summed E-state index contributed by atoms with van der Waals surface area (Å²) in [7, 11) is 0. The second-order valence-electron chi connectivity index (χ2n) is 6.84. The van der Waals surface area contributed by atoms with E-state index < -0.39 is 0 Å². The number of amides is 1. The molecule has 2 heterocycles. The van der Waals surface area contributed by atoms with Gasteiger partial charge in [0, 0.05) is 41.7 Å². The van der Waals surface area contributed by atoms with Crippen molar-refractivity contribution in [3.63, 3.8) is 0 Å². The van der Waals surface area contributed by atoms with Crippen molar-refractivity contribution < 1.29 is 4.79 Å². The smallest absolute Gasteiger partial charge is 0.223 e. The molecule has 5 nitrogen and oxygen atoms in total. The molecule has 25 heavy (non-hydrogen) atoms. The minimum atomic E-state index is 0.206. The molecule has 1 saturated carbocycles. The molecule has 0 atom stereocenters. The van der Waals surface area contributed by atoms with Crippen molar-refractivity contribution in [3.05, 3.63) is 35.0 Å². The lowest BCUT2D eigenvalue weighted by molar-refractivity contribution is -0.123. The summed E-state index contributed by atoms with van der Waals surface area (Å²) in [5.41, 5.74) is 2.31. The highest BCUT2D eigenvalue weighted by Crippen LogP contribution is 2.33. The van der Waals surface area contributed by atoms with Gasteiger partial charge in [0.25, 0.3) is 0 Å². The Hall–Kier alpha value is -2.32. The van der Waals surface area contributed by atoms with Crippen LogP contribution in [0.15, 0.2) is 24.4 Å². The summed E-state index contributed by atoms with van der Waals surface area (Å²) < 4.78 is 0. The van der Waals surface area contributed by atoms with Gasteiger partial charge in [-0.25, -0.2) is 0 Å². The molecule has 1 aliphatic carbocycles. The van der Waals surface area contributed by atoms with E-state index in [0.717, 1.165) is 55.4 Å². The van der Waals surface area contributed by atoms with Gasteiger partial charge in [-0.3, -0.25) is 9.78 Å². The molecule has 0 unspecified atom stereocenters. The van der Waals surface area contributed by atoms with Gasteiger partial charge in [-0.15, -0.1) is 0 Å². The van der Waals surface area contributed by atoms with E-state index in [0.29, 0.717) is 10.6 Å². The SMILES string of the molecule is N#Cc1cnc2ccc(Cl)cc2c1N1CCC(NC(=O)C2CC2)CC1. The Balaban J connectivity index is 1.57. The highest BCUT2D eigenvalue weighted by Gasteiger charge is 2.32.